The van der Waals surface area contributed by atoms with Crippen molar-refractivity contribution in [1.29, 1.82) is 5.41 Å². The Balaban J connectivity index is 1.95. The minimum Gasteiger partial charge on any atom is -0.407 e. The molecule has 122 valence electrons. The second-order valence-electron chi connectivity index (χ2n) is 5.53. The van der Waals surface area contributed by atoms with Crippen LogP contribution in [0.2, 0.25) is 0 Å². The van der Waals surface area contributed by atoms with E-state index in [0.29, 0.717) is 11.4 Å². The van der Waals surface area contributed by atoms with E-state index in [1.165, 1.54) is 0 Å². The number of nitrogens with two attached hydrogens (primary N) is 1. The van der Waals surface area contributed by atoms with Crippen molar-refractivity contribution in [1.82, 2.24) is 15.0 Å². The van der Waals surface area contributed by atoms with Crippen LogP contribution in [-0.4, -0.2) is 32.9 Å². The van der Waals surface area contributed by atoms with Gasteiger partial charge in [0.05, 0.1) is 0 Å². The molecule has 24 heavy (non-hydrogen) atoms. The Morgan fingerprint density at radius 3 is 2.75 bits per heavy atom. The predicted molar refractivity (Wildman–Crippen MR) is 94.0 cm³/mol. The van der Waals surface area contributed by atoms with E-state index >= 15 is 0 Å². The first-order chi connectivity index (χ1) is 11.5. The maximum Gasteiger partial charge on any atom is 0.289 e. The number of amidine groups is 1. The third kappa shape index (κ3) is 3.24. The van der Waals surface area contributed by atoms with Gasteiger partial charge in [-0.25, -0.2) is 15.0 Å². The summed E-state index contributed by atoms with van der Waals surface area (Å²) in [5.74, 6) is 0.564. The summed E-state index contributed by atoms with van der Waals surface area (Å²) in [6, 6.07) is 7.28. The van der Waals surface area contributed by atoms with E-state index < -0.39 is 0 Å². The molecule has 0 radical (unpaired) electrons. The molecule has 0 saturated carbocycles. The average molecular weight is 322 g/mol. The van der Waals surface area contributed by atoms with Gasteiger partial charge in [0, 0.05) is 46.7 Å². The molecule has 2 aromatic heterocycles. The van der Waals surface area contributed by atoms with Gasteiger partial charge in [0.25, 0.3) is 6.02 Å². The van der Waals surface area contributed by atoms with Crippen LogP contribution in [0.25, 0.3) is 22.3 Å². The minimum absolute atomic E-state index is 0.00628. The third-order valence-electron chi connectivity index (χ3n) is 3.34. The summed E-state index contributed by atoms with van der Waals surface area (Å²) in [5.41, 5.74) is 8.08. The van der Waals surface area contributed by atoms with Crippen LogP contribution in [0.3, 0.4) is 0 Å². The molecule has 3 aromatic rings. The number of H-pyrrole nitrogens is 1. The highest BCUT2D eigenvalue weighted by molar-refractivity contribution is 6.03. The zero-order valence-electron chi connectivity index (χ0n) is 13.4. The van der Waals surface area contributed by atoms with Gasteiger partial charge < -0.3 is 15.5 Å². The Bertz CT molecular complexity index is 898. The predicted octanol–water partition coefficient (Wildman–Crippen LogP) is 2.69. The van der Waals surface area contributed by atoms with Crippen LogP contribution >= 0.6 is 0 Å². The van der Waals surface area contributed by atoms with Crippen molar-refractivity contribution in [2.75, 3.05) is 0 Å². The largest absolute Gasteiger partial charge is 0.407 e. The molecule has 0 fully saturated rings. The van der Waals surface area contributed by atoms with Gasteiger partial charge in [-0.05, 0) is 38.1 Å². The molecule has 4 N–H and O–H groups in total. The van der Waals surface area contributed by atoms with Crippen LogP contribution in [0.15, 0.2) is 47.8 Å². The maximum atomic E-state index is 8.08. The van der Waals surface area contributed by atoms with E-state index in [-0.39, 0.29) is 18.0 Å². The molecular formula is C17H18N6O. The SMILES string of the molecule is CC(C)N=C(N)OC(=N)c1ccc2[nH]cc(-c3ncccn3)c2c1. The van der Waals surface area contributed by atoms with Crippen molar-refractivity contribution in [3.8, 4) is 11.4 Å². The average Bonchev–Trinajstić information content (AvgIpc) is 2.97. The van der Waals surface area contributed by atoms with Gasteiger partial charge in [-0.2, -0.15) is 0 Å². The van der Waals surface area contributed by atoms with E-state index in [0.717, 1.165) is 16.5 Å². The molecule has 0 aliphatic rings. The fraction of sp³-hybridized carbons (Fsp3) is 0.176. The molecule has 0 aliphatic carbocycles. The summed E-state index contributed by atoms with van der Waals surface area (Å²) in [6.45, 7) is 3.77. The number of fused-ring (bicyclic) bond motifs is 1. The van der Waals surface area contributed by atoms with Crippen LogP contribution in [-0.2, 0) is 4.74 Å². The lowest BCUT2D eigenvalue weighted by Gasteiger charge is -2.07. The van der Waals surface area contributed by atoms with Crippen LogP contribution in [0.4, 0.5) is 0 Å². The number of nitrogens with one attached hydrogen (secondary N) is 2. The Labute approximate surface area is 139 Å². The lowest BCUT2D eigenvalue weighted by molar-refractivity contribution is 0.523. The second-order valence-corrected chi connectivity index (χ2v) is 5.53. The number of hydrogen-bond acceptors (Lipinski definition) is 5. The van der Waals surface area contributed by atoms with Gasteiger partial charge in [-0.1, -0.05) is 0 Å². The molecule has 0 atom stereocenters. The Morgan fingerprint density at radius 1 is 1.29 bits per heavy atom. The molecule has 2 heterocycles. The van der Waals surface area contributed by atoms with E-state index in [1.807, 2.05) is 32.2 Å². The van der Waals surface area contributed by atoms with Gasteiger partial charge in [-0.15, -0.1) is 0 Å². The number of hydrogen-bond donors (Lipinski definition) is 3. The van der Waals surface area contributed by atoms with Crippen LogP contribution in [0.5, 0.6) is 0 Å². The molecular weight excluding hydrogens is 304 g/mol. The summed E-state index contributed by atoms with van der Waals surface area (Å²) < 4.78 is 5.29. The number of rotatable bonds is 3. The van der Waals surface area contributed by atoms with Gasteiger partial charge >= 0.3 is 0 Å². The Morgan fingerprint density at radius 2 is 2.04 bits per heavy atom. The lowest BCUT2D eigenvalue weighted by atomic mass is 10.1. The number of aromatic amines is 1. The number of benzene rings is 1. The van der Waals surface area contributed by atoms with Crippen molar-refractivity contribution in [2.45, 2.75) is 19.9 Å². The monoisotopic (exact) mass is 322 g/mol. The Kier molecular flexibility index (Phi) is 4.24. The van der Waals surface area contributed by atoms with Gasteiger partial charge in [0.1, 0.15) is 0 Å². The molecule has 7 nitrogen and oxygen atoms in total. The Hall–Kier alpha value is -3.22. The van der Waals surface area contributed by atoms with Crippen LogP contribution in [0, 0.1) is 5.41 Å². The summed E-state index contributed by atoms with van der Waals surface area (Å²) in [4.78, 5) is 15.8. The standard InChI is InChI=1S/C17H18N6O/c1-10(2)23-17(19)24-15(18)11-4-5-14-12(8-11)13(9-22-14)16-20-6-3-7-21-16/h3-10,18,22H,1-2H3,(H2,19,23). The molecule has 3 rings (SSSR count). The molecule has 0 bridgehead atoms. The number of aliphatic imine (C=N–C) groups is 1. The third-order valence-corrected chi connectivity index (χ3v) is 3.34. The van der Waals surface area contributed by atoms with E-state index in [1.54, 1.807) is 24.5 Å². The van der Waals surface area contributed by atoms with E-state index in [4.69, 9.17) is 15.9 Å². The number of ether oxygens (including phenoxy) is 1. The molecule has 0 saturated heterocycles. The maximum absolute atomic E-state index is 8.08. The quantitative estimate of drug-likeness (QED) is 0.508. The summed E-state index contributed by atoms with van der Waals surface area (Å²) in [7, 11) is 0. The first-order valence-corrected chi connectivity index (χ1v) is 7.53. The highest BCUT2D eigenvalue weighted by atomic mass is 16.5. The molecule has 7 heteroatoms. The fourth-order valence-corrected chi connectivity index (χ4v) is 2.33. The number of aromatic nitrogens is 3. The smallest absolute Gasteiger partial charge is 0.289 e. The molecule has 0 aliphatic heterocycles. The molecule has 0 unspecified atom stereocenters. The summed E-state index contributed by atoms with van der Waals surface area (Å²) >= 11 is 0. The van der Waals surface area contributed by atoms with E-state index in [9.17, 15) is 0 Å². The molecule has 0 spiro atoms. The van der Waals surface area contributed by atoms with Crippen molar-refractivity contribution in [2.24, 2.45) is 10.7 Å². The number of nitrogens with zero attached hydrogens (tertiary/aromatic N) is 3. The lowest BCUT2D eigenvalue weighted by Crippen LogP contribution is -2.22. The molecule has 0 amide bonds. The van der Waals surface area contributed by atoms with Crippen LogP contribution in [0.1, 0.15) is 19.4 Å². The highest BCUT2D eigenvalue weighted by Gasteiger charge is 2.12. The fourth-order valence-electron chi connectivity index (χ4n) is 2.33. The zero-order chi connectivity index (χ0) is 17.1. The van der Waals surface area contributed by atoms with Crippen molar-refractivity contribution < 1.29 is 4.74 Å². The topological polar surface area (TPSA) is 113 Å². The normalized spacial score (nSPS) is 11.9. The van der Waals surface area contributed by atoms with Gasteiger partial charge in [-0.3, -0.25) is 5.41 Å². The summed E-state index contributed by atoms with van der Waals surface area (Å²) in [5, 5.41) is 8.99. The minimum atomic E-state index is -0.0556. The zero-order valence-corrected chi connectivity index (χ0v) is 13.4. The van der Waals surface area contributed by atoms with Gasteiger partial charge in [0.15, 0.2) is 5.82 Å². The second kappa shape index (κ2) is 6.49. The molecule has 1 aromatic carbocycles. The van der Waals surface area contributed by atoms with Crippen molar-refractivity contribution in [3.63, 3.8) is 0 Å². The van der Waals surface area contributed by atoms with Crippen molar-refractivity contribution >= 4 is 22.8 Å². The first-order valence-electron chi connectivity index (χ1n) is 7.53. The van der Waals surface area contributed by atoms with Crippen LogP contribution < -0.4 is 5.73 Å². The van der Waals surface area contributed by atoms with E-state index in [2.05, 4.69) is 19.9 Å². The highest BCUT2D eigenvalue weighted by Crippen LogP contribution is 2.26. The first kappa shape index (κ1) is 15.7. The summed E-state index contributed by atoms with van der Waals surface area (Å²) in [6.07, 6.45) is 5.24. The van der Waals surface area contributed by atoms with Gasteiger partial charge in [0.2, 0.25) is 5.90 Å². The van der Waals surface area contributed by atoms with Crippen molar-refractivity contribution in [3.05, 3.63) is 48.4 Å².